The smallest absolute Gasteiger partial charge is 0.361 e. The predicted octanol–water partition coefficient (Wildman–Crippen LogP) is 4.51. The average Bonchev–Trinajstić information content (AvgIpc) is 3.35. The minimum Gasteiger partial charge on any atom is -0.361 e. The molecule has 1 fully saturated rings. The Balaban J connectivity index is 1.37. The van der Waals surface area contributed by atoms with E-state index in [2.05, 4.69) is 10.3 Å². The Bertz CT molecular complexity index is 994. The molecule has 0 saturated carbocycles. The van der Waals surface area contributed by atoms with E-state index >= 15 is 0 Å². The lowest BCUT2D eigenvalue weighted by molar-refractivity contribution is -0.137. The summed E-state index contributed by atoms with van der Waals surface area (Å²) in [5, 5.41) is 4.14. The number of aromatic nitrogens is 1. The Hall–Kier alpha value is -2.96. The number of hydrogen-bond acceptors (Lipinski definition) is 2. The molecule has 2 heterocycles. The van der Waals surface area contributed by atoms with E-state index in [4.69, 9.17) is 0 Å². The van der Waals surface area contributed by atoms with Crippen LogP contribution in [0.3, 0.4) is 0 Å². The van der Waals surface area contributed by atoms with Crippen LogP contribution in [0.2, 0.25) is 0 Å². The number of hydrogen-bond donors (Lipinski definition) is 2. The fourth-order valence-corrected chi connectivity index (χ4v) is 3.97. The Labute approximate surface area is 166 Å². The molecule has 0 spiro atoms. The van der Waals surface area contributed by atoms with Gasteiger partial charge in [0.05, 0.1) is 5.56 Å². The third-order valence-electron chi connectivity index (χ3n) is 5.45. The second kappa shape index (κ2) is 7.81. The fraction of sp³-hybridized carbons (Fsp3) is 0.318. The third kappa shape index (κ3) is 4.09. The molecule has 1 aromatic heterocycles. The van der Waals surface area contributed by atoms with E-state index in [1.54, 1.807) is 0 Å². The number of nitrogens with zero attached hydrogens (tertiary/aromatic N) is 1. The van der Waals surface area contributed by atoms with Crippen LogP contribution >= 0.6 is 0 Å². The summed E-state index contributed by atoms with van der Waals surface area (Å²) in [4.78, 5) is 17.8. The number of amides is 1. The zero-order chi connectivity index (χ0) is 20.4. The van der Waals surface area contributed by atoms with Crippen molar-refractivity contribution in [2.75, 3.05) is 18.0 Å². The molecule has 1 saturated heterocycles. The number of halogens is 3. The van der Waals surface area contributed by atoms with Crippen LogP contribution in [-0.4, -0.2) is 30.0 Å². The lowest BCUT2D eigenvalue weighted by atomic mass is 10.1. The van der Waals surface area contributed by atoms with E-state index in [0.29, 0.717) is 31.6 Å². The molecule has 0 aliphatic carbocycles. The maximum absolute atomic E-state index is 12.8. The molecule has 1 amide bonds. The minimum absolute atomic E-state index is 0.0813. The van der Waals surface area contributed by atoms with Gasteiger partial charge in [0.25, 0.3) is 0 Å². The molecule has 2 N–H and O–H groups in total. The van der Waals surface area contributed by atoms with E-state index in [-0.39, 0.29) is 11.9 Å². The largest absolute Gasteiger partial charge is 0.416 e. The quantitative estimate of drug-likeness (QED) is 0.661. The van der Waals surface area contributed by atoms with Crippen molar-refractivity contribution in [2.24, 2.45) is 0 Å². The summed E-state index contributed by atoms with van der Waals surface area (Å²) in [5.41, 5.74) is 2.18. The van der Waals surface area contributed by atoms with Gasteiger partial charge in [0, 0.05) is 35.9 Å². The van der Waals surface area contributed by atoms with Gasteiger partial charge in [-0.15, -0.1) is 0 Å². The average molecular weight is 401 g/mol. The number of carbonyl (C=O) groups excluding carboxylic acids is 1. The van der Waals surface area contributed by atoms with E-state index < -0.39 is 11.7 Å². The number of H-pyrrole nitrogens is 1. The monoisotopic (exact) mass is 401 g/mol. The van der Waals surface area contributed by atoms with Gasteiger partial charge in [-0.25, -0.2) is 0 Å². The zero-order valence-electron chi connectivity index (χ0n) is 15.8. The molecule has 152 valence electrons. The van der Waals surface area contributed by atoms with Crippen molar-refractivity contribution in [1.29, 1.82) is 0 Å². The molecule has 0 bridgehead atoms. The molecule has 29 heavy (non-hydrogen) atoms. The summed E-state index contributed by atoms with van der Waals surface area (Å²) in [5.74, 6) is -0.0813. The molecule has 4 nitrogen and oxygen atoms in total. The SMILES string of the molecule is O=C(NCCc1c[nH]c2ccccc12)[C@H]1CCCN1c1ccc(C(F)(F)F)cc1. The molecule has 0 unspecified atom stereocenters. The van der Waals surface area contributed by atoms with E-state index in [9.17, 15) is 18.0 Å². The highest BCUT2D eigenvalue weighted by atomic mass is 19.4. The summed E-state index contributed by atoms with van der Waals surface area (Å²) in [6, 6.07) is 12.7. The molecule has 1 aliphatic heterocycles. The number of anilines is 1. The zero-order valence-corrected chi connectivity index (χ0v) is 15.8. The second-order valence-corrected chi connectivity index (χ2v) is 7.30. The molecule has 3 aromatic rings. The van der Waals surface area contributed by atoms with Gasteiger partial charge in [0.1, 0.15) is 6.04 Å². The van der Waals surface area contributed by atoms with Crippen LogP contribution in [0.1, 0.15) is 24.0 Å². The summed E-state index contributed by atoms with van der Waals surface area (Å²) in [6.07, 6.45) is -0.159. The Morgan fingerprint density at radius 1 is 1.14 bits per heavy atom. The highest BCUT2D eigenvalue weighted by Gasteiger charge is 2.33. The number of aromatic amines is 1. The molecule has 2 aromatic carbocycles. The topological polar surface area (TPSA) is 48.1 Å². The van der Waals surface area contributed by atoms with Gasteiger partial charge in [-0.1, -0.05) is 18.2 Å². The molecule has 4 rings (SSSR count). The van der Waals surface area contributed by atoms with Crippen molar-refractivity contribution in [2.45, 2.75) is 31.5 Å². The number of alkyl halides is 3. The molecule has 1 atom stereocenters. The Morgan fingerprint density at radius 2 is 1.90 bits per heavy atom. The first-order chi connectivity index (χ1) is 13.9. The van der Waals surface area contributed by atoms with Crippen molar-refractivity contribution >= 4 is 22.5 Å². The normalized spacial score (nSPS) is 17.1. The van der Waals surface area contributed by atoms with Crippen LogP contribution in [0.25, 0.3) is 10.9 Å². The Morgan fingerprint density at radius 3 is 2.66 bits per heavy atom. The van der Waals surface area contributed by atoms with E-state index in [0.717, 1.165) is 35.0 Å². The van der Waals surface area contributed by atoms with Crippen LogP contribution in [0, 0.1) is 0 Å². The standard InChI is InChI=1S/C22H22F3N3O/c23-22(24,25)16-7-9-17(10-8-16)28-13-3-6-20(28)21(29)26-12-11-15-14-27-19-5-2-1-4-18(15)19/h1-2,4-5,7-10,14,20,27H,3,6,11-13H2,(H,26,29)/t20-/m1/s1. The van der Waals surface area contributed by atoms with Crippen LogP contribution in [0.15, 0.2) is 54.7 Å². The van der Waals surface area contributed by atoms with Gasteiger partial charge in [0.15, 0.2) is 0 Å². The van der Waals surface area contributed by atoms with Crippen molar-refractivity contribution in [3.05, 3.63) is 65.9 Å². The summed E-state index contributed by atoms with van der Waals surface area (Å²) in [6.45, 7) is 1.17. The number of carbonyl (C=O) groups is 1. The summed E-state index contributed by atoms with van der Waals surface area (Å²) in [7, 11) is 0. The first kappa shape index (κ1) is 19.4. The highest BCUT2D eigenvalue weighted by Crippen LogP contribution is 2.32. The Kier molecular flexibility index (Phi) is 5.22. The highest BCUT2D eigenvalue weighted by molar-refractivity contribution is 5.86. The third-order valence-corrected chi connectivity index (χ3v) is 5.45. The number of para-hydroxylation sites is 1. The van der Waals surface area contributed by atoms with Gasteiger partial charge in [-0.05, 0) is 55.2 Å². The van der Waals surface area contributed by atoms with Crippen molar-refractivity contribution in [3.63, 3.8) is 0 Å². The number of nitrogens with one attached hydrogen (secondary N) is 2. The fourth-order valence-electron chi connectivity index (χ4n) is 3.97. The predicted molar refractivity (Wildman–Crippen MR) is 107 cm³/mol. The molecule has 0 radical (unpaired) electrons. The molecular formula is C22H22F3N3O. The molecule has 1 aliphatic rings. The lowest BCUT2D eigenvalue weighted by Crippen LogP contribution is -2.44. The summed E-state index contributed by atoms with van der Waals surface area (Å²) >= 11 is 0. The van der Waals surface area contributed by atoms with Gasteiger partial charge >= 0.3 is 6.18 Å². The van der Waals surface area contributed by atoms with E-state index in [1.807, 2.05) is 35.4 Å². The molecule has 7 heteroatoms. The van der Waals surface area contributed by atoms with Gasteiger partial charge in [0.2, 0.25) is 5.91 Å². The maximum Gasteiger partial charge on any atom is 0.416 e. The van der Waals surface area contributed by atoms with Crippen LogP contribution in [-0.2, 0) is 17.4 Å². The van der Waals surface area contributed by atoms with Crippen LogP contribution in [0.5, 0.6) is 0 Å². The van der Waals surface area contributed by atoms with Gasteiger partial charge in [-0.2, -0.15) is 13.2 Å². The van der Waals surface area contributed by atoms with Gasteiger partial charge < -0.3 is 15.2 Å². The van der Waals surface area contributed by atoms with E-state index in [1.165, 1.54) is 12.1 Å². The first-order valence-electron chi connectivity index (χ1n) is 9.70. The van der Waals surface area contributed by atoms with Crippen molar-refractivity contribution < 1.29 is 18.0 Å². The minimum atomic E-state index is -4.36. The van der Waals surface area contributed by atoms with Crippen molar-refractivity contribution in [1.82, 2.24) is 10.3 Å². The maximum atomic E-state index is 12.8. The van der Waals surface area contributed by atoms with Crippen molar-refractivity contribution in [3.8, 4) is 0 Å². The number of benzene rings is 2. The summed E-state index contributed by atoms with van der Waals surface area (Å²) < 4.78 is 38.3. The lowest BCUT2D eigenvalue weighted by Gasteiger charge is -2.26. The molecular weight excluding hydrogens is 379 g/mol. The number of rotatable bonds is 5. The van der Waals surface area contributed by atoms with Gasteiger partial charge in [-0.3, -0.25) is 4.79 Å². The number of fused-ring (bicyclic) bond motifs is 1. The van der Waals surface area contributed by atoms with Crippen LogP contribution < -0.4 is 10.2 Å². The van der Waals surface area contributed by atoms with Crippen LogP contribution in [0.4, 0.5) is 18.9 Å². The first-order valence-corrected chi connectivity index (χ1v) is 9.70. The second-order valence-electron chi connectivity index (χ2n) is 7.30.